The quantitative estimate of drug-likeness (QED) is 0.0347. The Balaban J connectivity index is 0.629. The highest BCUT2D eigenvalue weighted by atomic mass is 16.5. The van der Waals surface area contributed by atoms with Gasteiger partial charge in [0.15, 0.2) is 0 Å². The molecule has 2 unspecified atom stereocenters. The molecular weight excluding hydrogens is 937 g/mol. The maximum atomic E-state index is 12.2. The number of aromatic nitrogens is 6. The maximum Gasteiger partial charge on any atom is 0.328 e. The molecule has 4 aliphatic rings. The zero-order valence-electron chi connectivity index (χ0n) is 42.2. The zero-order chi connectivity index (χ0) is 50.6. The van der Waals surface area contributed by atoms with Crippen molar-refractivity contribution in [3.63, 3.8) is 0 Å². The van der Waals surface area contributed by atoms with Crippen LogP contribution in [0.5, 0.6) is 0 Å². The van der Waals surface area contributed by atoms with Gasteiger partial charge in [-0.25, -0.2) is 39.5 Å². The molecule has 2 aromatic carbocycles. The molecule has 18 nitrogen and oxygen atoms in total. The molecule has 74 heavy (non-hydrogen) atoms. The Hall–Kier alpha value is -6.60. The number of hydrogen-bond donors (Lipinski definition) is 6. The van der Waals surface area contributed by atoms with E-state index in [1.54, 1.807) is 0 Å². The smallest absolute Gasteiger partial charge is 0.328 e. The number of para-hydroxylation sites is 2. The van der Waals surface area contributed by atoms with E-state index >= 15 is 0 Å². The average Bonchev–Trinajstić information content (AvgIpc) is 3.43. The van der Waals surface area contributed by atoms with E-state index in [0.29, 0.717) is 36.5 Å². The third-order valence-electron chi connectivity index (χ3n) is 15.3. The van der Waals surface area contributed by atoms with Gasteiger partial charge in [-0.3, -0.25) is 0 Å². The molecule has 390 valence electrons. The summed E-state index contributed by atoms with van der Waals surface area (Å²) in [5.41, 5.74) is 6.37. The molecule has 0 saturated carbocycles. The molecule has 0 amide bonds. The third kappa shape index (κ3) is 13.0. The summed E-state index contributed by atoms with van der Waals surface area (Å²) < 4.78 is 12.5. The van der Waals surface area contributed by atoms with Gasteiger partial charge in [0.25, 0.3) is 0 Å². The number of carboxylic acids is 2. The molecule has 0 aliphatic carbocycles. The Kier molecular flexibility index (Phi) is 16.9. The van der Waals surface area contributed by atoms with Gasteiger partial charge < -0.3 is 50.8 Å². The highest BCUT2D eigenvalue weighted by Gasteiger charge is 2.33. The predicted octanol–water partition coefficient (Wildman–Crippen LogP) is 7.28. The number of ether oxygens (including phenoxy) is 2. The van der Waals surface area contributed by atoms with Crippen molar-refractivity contribution in [2.24, 2.45) is 5.92 Å². The molecule has 2 saturated heterocycles. The zero-order valence-corrected chi connectivity index (χ0v) is 42.2. The lowest BCUT2D eigenvalue weighted by molar-refractivity contribution is -0.140. The normalized spacial score (nSPS) is 20.9. The van der Waals surface area contributed by atoms with Gasteiger partial charge in [0, 0.05) is 61.4 Å². The summed E-state index contributed by atoms with van der Waals surface area (Å²) in [5.74, 6) is 2.05. The number of anilines is 4. The number of likely N-dealkylation sites (tertiary alicyclic amines) is 2. The molecule has 8 heterocycles. The monoisotopic (exact) mass is 1010 g/mol. The second-order valence-corrected chi connectivity index (χ2v) is 20.5. The molecule has 0 radical (unpaired) electrons. The number of rotatable bonds is 23. The van der Waals surface area contributed by atoms with E-state index in [1.807, 2.05) is 48.5 Å². The molecule has 6 N–H and O–H groups in total. The number of carbonyl (C=O) groups is 2. The van der Waals surface area contributed by atoms with Gasteiger partial charge in [-0.05, 0) is 156 Å². The Bertz CT molecular complexity index is 2850. The van der Waals surface area contributed by atoms with Crippen LogP contribution in [0.25, 0.3) is 21.8 Å². The summed E-state index contributed by atoms with van der Waals surface area (Å²) in [6.07, 6.45) is 14.3. The van der Waals surface area contributed by atoms with Crippen molar-refractivity contribution in [2.45, 2.75) is 107 Å². The highest BCUT2D eigenvalue weighted by Crippen LogP contribution is 2.40. The predicted molar refractivity (Wildman–Crippen MR) is 286 cm³/mol. The minimum Gasteiger partial charge on any atom is -0.480 e. The third-order valence-corrected chi connectivity index (χ3v) is 15.3. The fourth-order valence-electron chi connectivity index (χ4n) is 11.4. The number of aliphatic carboxylic acids is 2. The molecule has 2 fully saturated rings. The first-order valence-electron chi connectivity index (χ1n) is 26.8. The molecule has 18 heteroatoms. The lowest BCUT2D eigenvalue weighted by Crippen LogP contribution is -2.43. The number of nitrogens with one attached hydrogen (secondary N) is 4. The van der Waals surface area contributed by atoms with Crippen LogP contribution in [0.2, 0.25) is 0 Å². The minimum absolute atomic E-state index is 0.0266. The van der Waals surface area contributed by atoms with E-state index in [0.717, 1.165) is 168 Å². The maximum absolute atomic E-state index is 12.2. The second kappa shape index (κ2) is 24.6. The van der Waals surface area contributed by atoms with E-state index in [1.165, 1.54) is 23.8 Å². The standard InChI is InChI=1S/C56H70N12O6/c69-55(70)49(65-53-45-14-1-3-16-47(45)59-35-61-53)23-29-73-41-12-8-27-67(32-41)25-6-5-10-39-20-21-44-43(22-24-57-52(44)64-39)38-30-37-18-19-40(63-51(37)58-31-38)11-7-26-68-28-9-13-42(33-68)74-34-50(56(71)72)66-54-46-15-2-4-17-48(46)60-36-62-54/h1-4,14-21,35-36,38,41-43,49-50H,5-13,22-34H2,(H,57,64)(H,58,63)(H,69,70)(H,71,72)(H,59,61,65)(H,60,62,66)/t38?,41-,42-,43?,49+,50+/m1/s1. The highest BCUT2D eigenvalue weighted by molar-refractivity contribution is 5.91. The summed E-state index contributed by atoms with van der Waals surface area (Å²) in [4.78, 5) is 56.7. The van der Waals surface area contributed by atoms with E-state index in [-0.39, 0.29) is 18.8 Å². The molecule has 4 aromatic heterocycles. The summed E-state index contributed by atoms with van der Waals surface area (Å²) in [6, 6.07) is 22.4. The van der Waals surface area contributed by atoms with Crippen LogP contribution in [-0.4, -0.2) is 152 Å². The van der Waals surface area contributed by atoms with Gasteiger partial charge in [0.1, 0.15) is 48.0 Å². The van der Waals surface area contributed by atoms with Crippen LogP contribution < -0.4 is 21.3 Å². The summed E-state index contributed by atoms with van der Waals surface area (Å²) in [5, 5.41) is 35.0. The number of carboxylic acid groups (broad SMARTS) is 2. The summed E-state index contributed by atoms with van der Waals surface area (Å²) in [6.45, 7) is 7.89. The van der Waals surface area contributed by atoms with Crippen molar-refractivity contribution in [3.05, 3.63) is 108 Å². The Morgan fingerprint density at radius 1 is 0.676 bits per heavy atom. The fraction of sp³-hybridized carbons (Fsp3) is 0.500. The number of nitrogens with zero attached hydrogens (tertiary/aromatic N) is 8. The molecule has 6 atom stereocenters. The van der Waals surface area contributed by atoms with Crippen molar-refractivity contribution in [3.8, 4) is 0 Å². The van der Waals surface area contributed by atoms with Gasteiger partial charge in [0.2, 0.25) is 0 Å². The fourth-order valence-corrected chi connectivity index (χ4v) is 11.4. The van der Waals surface area contributed by atoms with Crippen LogP contribution in [0.1, 0.15) is 86.2 Å². The molecule has 6 aromatic rings. The number of hydrogen-bond acceptors (Lipinski definition) is 16. The number of fused-ring (bicyclic) bond motifs is 4. The number of piperidine rings is 2. The first-order chi connectivity index (χ1) is 36.3. The number of pyridine rings is 2. The molecule has 0 bridgehead atoms. The van der Waals surface area contributed by atoms with Crippen molar-refractivity contribution in [2.75, 3.05) is 86.8 Å². The first kappa shape index (κ1) is 50.9. The van der Waals surface area contributed by atoms with Crippen LogP contribution in [0.3, 0.4) is 0 Å². The molecule has 0 spiro atoms. The van der Waals surface area contributed by atoms with Gasteiger partial charge in [-0.2, -0.15) is 0 Å². The van der Waals surface area contributed by atoms with Crippen molar-refractivity contribution >= 4 is 57.0 Å². The van der Waals surface area contributed by atoms with Crippen LogP contribution in [-0.2, 0) is 38.3 Å². The topological polar surface area (TPSA) is 225 Å². The lowest BCUT2D eigenvalue weighted by Gasteiger charge is -2.36. The van der Waals surface area contributed by atoms with E-state index < -0.39 is 24.0 Å². The van der Waals surface area contributed by atoms with Gasteiger partial charge in [-0.15, -0.1) is 0 Å². The Labute approximate surface area is 432 Å². The van der Waals surface area contributed by atoms with Crippen LogP contribution in [0.15, 0.2) is 85.5 Å². The van der Waals surface area contributed by atoms with E-state index in [2.05, 4.69) is 75.3 Å². The van der Waals surface area contributed by atoms with Crippen LogP contribution in [0.4, 0.5) is 23.3 Å². The number of benzene rings is 2. The number of aryl methyl sites for hydroxylation is 2. The van der Waals surface area contributed by atoms with Crippen LogP contribution in [0, 0.1) is 5.92 Å². The first-order valence-corrected chi connectivity index (χ1v) is 26.8. The lowest BCUT2D eigenvalue weighted by atomic mass is 9.77. The minimum atomic E-state index is -0.977. The Morgan fingerprint density at radius 2 is 1.30 bits per heavy atom. The summed E-state index contributed by atoms with van der Waals surface area (Å²) >= 11 is 0. The van der Waals surface area contributed by atoms with Gasteiger partial charge >= 0.3 is 11.9 Å². The molecule has 10 rings (SSSR count). The SMILES string of the molecule is O=C(O)[C@H](CCO[C@@H]1CCCN(CCCCc2ccc3c(n2)NCCC3C2CNc3nc(CCCN4CCC[C@@H](OC[C@H](Nc5ncnc6ccccc56)C(=O)O)C4)ccc3C2)C1)Nc1ncnc2ccccc12. The van der Waals surface area contributed by atoms with Crippen molar-refractivity contribution in [1.82, 2.24) is 39.7 Å². The van der Waals surface area contributed by atoms with Gasteiger partial charge in [0.05, 0.1) is 29.8 Å². The largest absolute Gasteiger partial charge is 0.480 e. The van der Waals surface area contributed by atoms with Crippen molar-refractivity contribution < 1.29 is 29.3 Å². The summed E-state index contributed by atoms with van der Waals surface area (Å²) in [7, 11) is 0. The number of unbranched alkanes of at least 4 members (excludes halogenated alkanes) is 1. The second-order valence-electron chi connectivity index (χ2n) is 20.5. The Morgan fingerprint density at radius 3 is 2.00 bits per heavy atom. The molecule has 4 aliphatic heterocycles. The van der Waals surface area contributed by atoms with Gasteiger partial charge in [-0.1, -0.05) is 36.4 Å². The van der Waals surface area contributed by atoms with Crippen LogP contribution >= 0.6 is 0 Å². The molecular formula is C56H70N12O6. The van der Waals surface area contributed by atoms with Crippen molar-refractivity contribution in [1.29, 1.82) is 0 Å². The average molecular weight is 1010 g/mol. The van der Waals surface area contributed by atoms with E-state index in [4.69, 9.17) is 19.4 Å². The van der Waals surface area contributed by atoms with E-state index in [9.17, 15) is 19.8 Å².